The molecule has 1 fully saturated rings. The lowest BCUT2D eigenvalue weighted by molar-refractivity contribution is 0.0855. The SMILES string of the molecule is CC1CCOC1c1nc2c(CN)cccc2n1C. The Morgan fingerprint density at radius 1 is 1.50 bits per heavy atom. The van der Waals surface area contributed by atoms with Crippen LogP contribution in [0.15, 0.2) is 18.2 Å². The van der Waals surface area contributed by atoms with Gasteiger partial charge in [0, 0.05) is 20.2 Å². The van der Waals surface area contributed by atoms with E-state index in [1.54, 1.807) is 0 Å². The molecule has 18 heavy (non-hydrogen) atoms. The van der Waals surface area contributed by atoms with E-state index in [9.17, 15) is 0 Å². The molecule has 96 valence electrons. The van der Waals surface area contributed by atoms with E-state index in [4.69, 9.17) is 15.5 Å². The molecule has 0 saturated carbocycles. The lowest BCUT2D eigenvalue weighted by Crippen LogP contribution is -2.10. The molecule has 3 rings (SSSR count). The molecule has 2 atom stereocenters. The van der Waals surface area contributed by atoms with Gasteiger partial charge in [0.2, 0.25) is 0 Å². The zero-order valence-electron chi connectivity index (χ0n) is 10.9. The first-order valence-corrected chi connectivity index (χ1v) is 6.48. The van der Waals surface area contributed by atoms with Crippen molar-refractivity contribution in [3.63, 3.8) is 0 Å². The maximum Gasteiger partial charge on any atom is 0.139 e. The highest BCUT2D eigenvalue weighted by Gasteiger charge is 2.30. The molecule has 2 heterocycles. The molecule has 0 bridgehead atoms. The zero-order valence-corrected chi connectivity index (χ0v) is 10.9. The van der Waals surface area contributed by atoms with E-state index in [2.05, 4.69) is 24.6 Å². The topological polar surface area (TPSA) is 53.1 Å². The van der Waals surface area contributed by atoms with Gasteiger partial charge in [-0.1, -0.05) is 19.1 Å². The quantitative estimate of drug-likeness (QED) is 0.881. The van der Waals surface area contributed by atoms with Gasteiger partial charge >= 0.3 is 0 Å². The molecule has 0 spiro atoms. The maximum atomic E-state index is 5.82. The molecule has 1 saturated heterocycles. The maximum absolute atomic E-state index is 5.82. The summed E-state index contributed by atoms with van der Waals surface area (Å²) in [7, 11) is 2.05. The van der Waals surface area contributed by atoms with Crippen LogP contribution in [0.3, 0.4) is 0 Å². The van der Waals surface area contributed by atoms with Crippen LogP contribution < -0.4 is 5.73 Å². The Balaban J connectivity index is 2.16. The molecule has 1 aliphatic heterocycles. The summed E-state index contributed by atoms with van der Waals surface area (Å²) in [6.45, 7) is 3.58. The predicted octanol–water partition coefficient (Wildman–Crippen LogP) is 2.13. The summed E-state index contributed by atoms with van der Waals surface area (Å²) >= 11 is 0. The molecule has 2 N–H and O–H groups in total. The van der Waals surface area contributed by atoms with Gasteiger partial charge in [0.15, 0.2) is 0 Å². The second-order valence-electron chi connectivity index (χ2n) is 5.08. The Labute approximate surface area is 107 Å². The summed E-state index contributed by atoms with van der Waals surface area (Å²) in [6.07, 6.45) is 1.23. The number of aryl methyl sites for hydroxylation is 1. The van der Waals surface area contributed by atoms with Gasteiger partial charge in [-0.05, 0) is 24.0 Å². The smallest absolute Gasteiger partial charge is 0.139 e. The van der Waals surface area contributed by atoms with Crippen molar-refractivity contribution in [1.82, 2.24) is 9.55 Å². The van der Waals surface area contributed by atoms with Crippen LogP contribution >= 0.6 is 0 Å². The van der Waals surface area contributed by atoms with E-state index in [1.165, 1.54) is 0 Å². The van der Waals surface area contributed by atoms with Crippen molar-refractivity contribution in [3.8, 4) is 0 Å². The number of hydrogen-bond donors (Lipinski definition) is 1. The van der Waals surface area contributed by atoms with Gasteiger partial charge in [0.1, 0.15) is 11.9 Å². The van der Waals surface area contributed by atoms with Crippen LogP contribution in [0.5, 0.6) is 0 Å². The van der Waals surface area contributed by atoms with Gasteiger partial charge in [-0.2, -0.15) is 0 Å². The van der Waals surface area contributed by atoms with Crippen LogP contribution in [0.25, 0.3) is 11.0 Å². The fraction of sp³-hybridized carbons (Fsp3) is 0.500. The van der Waals surface area contributed by atoms with Crippen molar-refractivity contribution in [2.24, 2.45) is 18.7 Å². The monoisotopic (exact) mass is 245 g/mol. The fourth-order valence-electron chi connectivity index (χ4n) is 2.74. The van der Waals surface area contributed by atoms with Gasteiger partial charge in [0.05, 0.1) is 11.0 Å². The number of aromatic nitrogens is 2. The Bertz CT molecular complexity index is 576. The number of nitrogens with two attached hydrogens (primary N) is 1. The number of fused-ring (bicyclic) bond motifs is 1. The Morgan fingerprint density at radius 3 is 3.00 bits per heavy atom. The van der Waals surface area contributed by atoms with Crippen LogP contribution in [0.2, 0.25) is 0 Å². The highest BCUT2D eigenvalue weighted by Crippen LogP contribution is 2.35. The number of hydrogen-bond acceptors (Lipinski definition) is 3. The van der Waals surface area contributed by atoms with Gasteiger partial charge in [0.25, 0.3) is 0 Å². The van der Waals surface area contributed by atoms with Gasteiger partial charge in [-0.3, -0.25) is 0 Å². The third-order valence-corrected chi connectivity index (χ3v) is 3.89. The lowest BCUT2D eigenvalue weighted by Gasteiger charge is -2.13. The highest BCUT2D eigenvalue weighted by atomic mass is 16.5. The zero-order chi connectivity index (χ0) is 12.7. The second-order valence-corrected chi connectivity index (χ2v) is 5.08. The Hall–Kier alpha value is -1.39. The van der Waals surface area contributed by atoms with Crippen LogP contribution in [-0.4, -0.2) is 16.2 Å². The van der Waals surface area contributed by atoms with Crippen molar-refractivity contribution in [2.45, 2.75) is 26.0 Å². The molecular weight excluding hydrogens is 226 g/mol. The number of benzene rings is 1. The number of rotatable bonds is 2. The Kier molecular flexibility index (Phi) is 2.84. The molecule has 0 radical (unpaired) electrons. The predicted molar refractivity (Wildman–Crippen MR) is 71.1 cm³/mol. The summed E-state index contributed by atoms with van der Waals surface area (Å²) in [4.78, 5) is 4.77. The Morgan fingerprint density at radius 2 is 2.33 bits per heavy atom. The summed E-state index contributed by atoms with van der Waals surface area (Å²) < 4.78 is 7.96. The first-order chi connectivity index (χ1) is 8.72. The molecule has 4 nitrogen and oxygen atoms in total. The number of nitrogens with zero attached hydrogens (tertiary/aromatic N) is 2. The van der Waals surface area contributed by atoms with Crippen LogP contribution in [0.4, 0.5) is 0 Å². The third kappa shape index (κ3) is 1.64. The van der Waals surface area contributed by atoms with Crippen LogP contribution in [-0.2, 0) is 18.3 Å². The molecular formula is C14H19N3O. The molecule has 2 unspecified atom stereocenters. The second kappa shape index (κ2) is 4.37. The lowest BCUT2D eigenvalue weighted by atomic mass is 10.0. The summed E-state index contributed by atoms with van der Waals surface area (Å²) in [6, 6.07) is 6.16. The first-order valence-electron chi connectivity index (χ1n) is 6.48. The molecule has 1 aromatic carbocycles. The largest absolute Gasteiger partial charge is 0.370 e. The average Bonchev–Trinajstić information content (AvgIpc) is 2.93. The van der Waals surface area contributed by atoms with E-state index in [0.29, 0.717) is 12.5 Å². The van der Waals surface area contributed by atoms with Crippen LogP contribution in [0, 0.1) is 5.92 Å². The minimum absolute atomic E-state index is 0.119. The van der Waals surface area contributed by atoms with E-state index >= 15 is 0 Å². The van der Waals surface area contributed by atoms with Gasteiger partial charge in [-0.25, -0.2) is 4.98 Å². The minimum Gasteiger partial charge on any atom is -0.370 e. The fourth-order valence-corrected chi connectivity index (χ4v) is 2.74. The third-order valence-electron chi connectivity index (χ3n) is 3.89. The van der Waals surface area contributed by atoms with Crippen molar-refractivity contribution < 1.29 is 4.74 Å². The van der Waals surface area contributed by atoms with Crippen LogP contribution in [0.1, 0.15) is 30.8 Å². The number of ether oxygens (including phenoxy) is 1. The van der Waals surface area contributed by atoms with Crippen molar-refractivity contribution in [3.05, 3.63) is 29.6 Å². The summed E-state index contributed by atoms with van der Waals surface area (Å²) in [5.74, 6) is 1.55. The van der Waals surface area contributed by atoms with E-state index < -0.39 is 0 Å². The number of para-hydroxylation sites is 1. The summed E-state index contributed by atoms with van der Waals surface area (Å²) in [5.41, 5.74) is 9.02. The van der Waals surface area contributed by atoms with Crippen molar-refractivity contribution in [1.29, 1.82) is 0 Å². The van der Waals surface area contributed by atoms with Crippen molar-refractivity contribution >= 4 is 11.0 Å². The van der Waals surface area contributed by atoms with Gasteiger partial charge < -0.3 is 15.0 Å². The standard InChI is InChI=1S/C14H19N3O/c1-9-6-7-18-13(9)14-16-12-10(8-15)4-3-5-11(12)17(14)2/h3-5,9,13H,6-8,15H2,1-2H3. The normalized spacial score (nSPS) is 23.9. The van der Waals surface area contributed by atoms with Crippen molar-refractivity contribution in [2.75, 3.05) is 6.61 Å². The van der Waals surface area contributed by atoms with E-state index in [-0.39, 0.29) is 6.10 Å². The van der Waals surface area contributed by atoms with E-state index in [0.717, 1.165) is 35.4 Å². The first kappa shape index (κ1) is 11.7. The molecule has 0 aliphatic carbocycles. The molecule has 0 amide bonds. The molecule has 1 aliphatic rings. The van der Waals surface area contributed by atoms with Gasteiger partial charge in [-0.15, -0.1) is 0 Å². The highest BCUT2D eigenvalue weighted by molar-refractivity contribution is 5.79. The number of imidazole rings is 1. The summed E-state index contributed by atoms with van der Waals surface area (Å²) in [5, 5.41) is 0. The molecule has 2 aromatic rings. The van der Waals surface area contributed by atoms with E-state index in [1.807, 2.05) is 12.1 Å². The average molecular weight is 245 g/mol. The molecule has 4 heteroatoms. The molecule has 1 aromatic heterocycles. The minimum atomic E-state index is 0.119.